The lowest BCUT2D eigenvalue weighted by Gasteiger charge is -2.43. The number of halogens is 1. The summed E-state index contributed by atoms with van der Waals surface area (Å²) in [6.45, 7) is 6.28. The van der Waals surface area contributed by atoms with E-state index in [-0.39, 0.29) is 30.7 Å². The molecule has 36 heavy (non-hydrogen) atoms. The summed E-state index contributed by atoms with van der Waals surface area (Å²) in [5.74, 6) is -0.139. The predicted octanol–water partition coefficient (Wildman–Crippen LogP) is 5.14. The van der Waals surface area contributed by atoms with Crippen molar-refractivity contribution < 1.29 is 18.4 Å². The molecule has 0 saturated carbocycles. The molecule has 2 aromatic carbocycles. The van der Waals surface area contributed by atoms with Crippen LogP contribution in [0, 0.1) is 5.82 Å². The van der Waals surface area contributed by atoms with Gasteiger partial charge in [-0.3, -0.25) is 19.2 Å². The van der Waals surface area contributed by atoms with E-state index in [2.05, 4.69) is 24.3 Å². The second-order valence-electron chi connectivity index (χ2n) is 9.52. The zero-order valence-corrected chi connectivity index (χ0v) is 20.4. The largest absolute Gasteiger partial charge is 0.463 e. The fraction of sp³-hybridized carbons (Fsp3) is 0.250. The maximum Gasteiger partial charge on any atom is 0.277 e. The first-order chi connectivity index (χ1) is 17.3. The minimum Gasteiger partial charge on any atom is -0.463 e. The first kappa shape index (κ1) is 23.5. The highest BCUT2D eigenvalue weighted by Crippen LogP contribution is 2.35. The number of furan rings is 1. The van der Waals surface area contributed by atoms with Crippen LogP contribution < -0.4 is 10.2 Å². The van der Waals surface area contributed by atoms with Crippen LogP contribution >= 0.6 is 0 Å². The molecular formula is C28H27FN4O3. The van der Waals surface area contributed by atoms with Crippen molar-refractivity contribution in [3.05, 3.63) is 95.6 Å². The number of carbonyl (C=O) groups excluding carboxylic acids is 2. The van der Waals surface area contributed by atoms with Crippen molar-refractivity contribution in [1.29, 1.82) is 0 Å². The second kappa shape index (κ2) is 9.11. The SMILES string of the molecule is CC(C)c1ccc(N2C(=O)c3cc(-c4ccco4)nn3C[C@]2(C)C(=O)NCc2ccc(F)cc2)cc1. The summed E-state index contributed by atoms with van der Waals surface area (Å²) in [6, 6.07) is 18.9. The quantitative estimate of drug-likeness (QED) is 0.409. The highest BCUT2D eigenvalue weighted by atomic mass is 19.1. The van der Waals surface area contributed by atoms with E-state index in [0.717, 1.165) is 11.1 Å². The average Bonchev–Trinajstić information content (AvgIpc) is 3.54. The first-order valence-electron chi connectivity index (χ1n) is 11.9. The number of nitrogens with one attached hydrogen (secondary N) is 1. The molecule has 0 aliphatic carbocycles. The number of aromatic nitrogens is 2. The summed E-state index contributed by atoms with van der Waals surface area (Å²) < 4.78 is 20.3. The molecule has 0 fully saturated rings. The van der Waals surface area contributed by atoms with E-state index >= 15 is 0 Å². The molecule has 1 N–H and O–H groups in total. The maximum atomic E-state index is 13.9. The Morgan fingerprint density at radius 1 is 1.14 bits per heavy atom. The normalized spacial score (nSPS) is 17.4. The lowest BCUT2D eigenvalue weighted by Crippen LogP contribution is -2.64. The molecule has 3 heterocycles. The van der Waals surface area contributed by atoms with Gasteiger partial charge in [-0.2, -0.15) is 5.10 Å². The molecule has 0 spiro atoms. The Balaban J connectivity index is 1.52. The molecule has 2 amide bonds. The van der Waals surface area contributed by atoms with Crippen LogP contribution in [-0.4, -0.2) is 27.1 Å². The third-order valence-electron chi connectivity index (χ3n) is 6.60. The van der Waals surface area contributed by atoms with Crippen molar-refractivity contribution in [3.63, 3.8) is 0 Å². The lowest BCUT2D eigenvalue weighted by molar-refractivity contribution is -0.126. The Hall–Kier alpha value is -4.20. The van der Waals surface area contributed by atoms with Crippen molar-refractivity contribution in [1.82, 2.24) is 15.1 Å². The highest BCUT2D eigenvalue weighted by Gasteiger charge is 2.49. The van der Waals surface area contributed by atoms with Gasteiger partial charge in [0, 0.05) is 18.3 Å². The Morgan fingerprint density at radius 2 is 1.86 bits per heavy atom. The molecule has 1 aliphatic heterocycles. The Labute approximate surface area is 208 Å². The fourth-order valence-corrected chi connectivity index (χ4v) is 4.51. The number of anilines is 1. The smallest absolute Gasteiger partial charge is 0.277 e. The fourth-order valence-electron chi connectivity index (χ4n) is 4.51. The van der Waals surface area contributed by atoms with E-state index in [4.69, 9.17) is 4.42 Å². The molecule has 0 bridgehead atoms. The van der Waals surface area contributed by atoms with Gasteiger partial charge >= 0.3 is 0 Å². The van der Waals surface area contributed by atoms with E-state index in [1.165, 1.54) is 12.1 Å². The van der Waals surface area contributed by atoms with Crippen molar-refractivity contribution in [3.8, 4) is 11.5 Å². The maximum absolute atomic E-state index is 13.9. The molecule has 8 heteroatoms. The van der Waals surface area contributed by atoms with Crippen LogP contribution in [0.3, 0.4) is 0 Å². The second-order valence-corrected chi connectivity index (χ2v) is 9.52. The van der Waals surface area contributed by atoms with Gasteiger partial charge in [0.15, 0.2) is 5.76 Å². The van der Waals surface area contributed by atoms with E-state index in [9.17, 15) is 14.0 Å². The van der Waals surface area contributed by atoms with Gasteiger partial charge in [-0.05, 0) is 60.4 Å². The van der Waals surface area contributed by atoms with Crippen LogP contribution in [0.2, 0.25) is 0 Å². The molecule has 0 saturated heterocycles. The standard InChI is InChI=1S/C28H27FN4O3/c1-18(2)20-8-12-22(13-9-20)33-26(34)24-15-23(25-5-4-14-36-25)31-32(24)17-28(33,3)27(35)30-16-19-6-10-21(29)11-7-19/h4-15,18H,16-17H2,1-3H3,(H,30,35)/t28-/m1/s1. The van der Waals surface area contributed by atoms with E-state index in [1.54, 1.807) is 53.1 Å². The number of rotatable bonds is 6. The van der Waals surface area contributed by atoms with Gasteiger partial charge in [0.05, 0.1) is 12.8 Å². The Morgan fingerprint density at radius 3 is 2.50 bits per heavy atom. The first-order valence-corrected chi connectivity index (χ1v) is 11.9. The van der Waals surface area contributed by atoms with Gasteiger partial charge in [0.25, 0.3) is 5.91 Å². The number of fused-ring (bicyclic) bond motifs is 1. The molecular weight excluding hydrogens is 459 g/mol. The van der Waals surface area contributed by atoms with Gasteiger partial charge < -0.3 is 9.73 Å². The zero-order chi connectivity index (χ0) is 25.4. The monoisotopic (exact) mass is 486 g/mol. The molecule has 1 atom stereocenters. The lowest BCUT2D eigenvalue weighted by atomic mass is 9.93. The topological polar surface area (TPSA) is 80.4 Å². The van der Waals surface area contributed by atoms with Gasteiger partial charge in [-0.25, -0.2) is 4.39 Å². The summed E-state index contributed by atoms with van der Waals surface area (Å²) in [7, 11) is 0. The number of nitrogens with zero attached hydrogens (tertiary/aromatic N) is 3. The van der Waals surface area contributed by atoms with E-state index in [1.807, 2.05) is 24.3 Å². The molecule has 5 rings (SSSR count). The van der Waals surface area contributed by atoms with E-state index < -0.39 is 5.54 Å². The number of benzene rings is 2. The molecule has 2 aromatic heterocycles. The Bertz CT molecular complexity index is 1390. The number of hydrogen-bond acceptors (Lipinski definition) is 4. The minimum atomic E-state index is -1.27. The molecule has 0 unspecified atom stereocenters. The molecule has 1 aliphatic rings. The minimum absolute atomic E-state index is 0.149. The zero-order valence-electron chi connectivity index (χ0n) is 20.4. The van der Waals surface area contributed by atoms with Gasteiger partial charge in [0.2, 0.25) is 5.91 Å². The van der Waals surface area contributed by atoms with Crippen molar-refractivity contribution >= 4 is 17.5 Å². The molecule has 0 radical (unpaired) electrons. The number of carbonyl (C=O) groups is 2. The molecule has 4 aromatic rings. The Kier molecular flexibility index (Phi) is 5.96. The van der Waals surface area contributed by atoms with Crippen LogP contribution in [0.4, 0.5) is 10.1 Å². The third-order valence-corrected chi connectivity index (χ3v) is 6.60. The van der Waals surface area contributed by atoms with Crippen LogP contribution in [-0.2, 0) is 17.9 Å². The van der Waals surface area contributed by atoms with Crippen molar-refractivity contribution in [2.45, 2.75) is 45.3 Å². The van der Waals surface area contributed by atoms with Crippen LogP contribution in [0.15, 0.2) is 77.4 Å². The van der Waals surface area contributed by atoms with Crippen LogP contribution in [0.25, 0.3) is 11.5 Å². The highest BCUT2D eigenvalue weighted by molar-refractivity contribution is 6.12. The van der Waals surface area contributed by atoms with Crippen LogP contribution in [0.5, 0.6) is 0 Å². The van der Waals surface area contributed by atoms with Gasteiger partial charge in [-0.1, -0.05) is 38.1 Å². The predicted molar refractivity (Wildman–Crippen MR) is 134 cm³/mol. The third kappa shape index (κ3) is 4.19. The summed E-state index contributed by atoms with van der Waals surface area (Å²) in [5.41, 5.74) is 2.14. The summed E-state index contributed by atoms with van der Waals surface area (Å²) in [5, 5.41) is 7.50. The molecule has 7 nitrogen and oxygen atoms in total. The van der Waals surface area contributed by atoms with Crippen LogP contribution in [0.1, 0.15) is 48.3 Å². The summed E-state index contributed by atoms with van der Waals surface area (Å²) in [4.78, 5) is 29.1. The number of hydrogen-bond donors (Lipinski definition) is 1. The molecule has 184 valence electrons. The number of amides is 2. The van der Waals surface area contributed by atoms with Crippen molar-refractivity contribution in [2.24, 2.45) is 0 Å². The summed E-state index contributed by atoms with van der Waals surface area (Å²) in [6.07, 6.45) is 1.55. The van der Waals surface area contributed by atoms with E-state index in [0.29, 0.717) is 28.8 Å². The average molecular weight is 487 g/mol. The van der Waals surface area contributed by atoms with Gasteiger partial charge in [0.1, 0.15) is 22.7 Å². The van der Waals surface area contributed by atoms with Gasteiger partial charge in [-0.15, -0.1) is 0 Å². The van der Waals surface area contributed by atoms with Crippen molar-refractivity contribution in [2.75, 3.05) is 4.90 Å². The summed E-state index contributed by atoms with van der Waals surface area (Å²) >= 11 is 0.